The first-order valence-corrected chi connectivity index (χ1v) is 11.2. The maximum atomic E-state index is 4.92. The van der Waals surface area contributed by atoms with Crippen molar-refractivity contribution in [1.82, 2.24) is 29.8 Å². The number of rotatable bonds is 4. The molecule has 5 heterocycles. The van der Waals surface area contributed by atoms with E-state index < -0.39 is 0 Å². The monoisotopic (exact) mass is 414 g/mol. The molecule has 1 saturated heterocycles. The molecule has 0 spiro atoms. The maximum Gasteiger partial charge on any atom is 0.230 e. The highest BCUT2D eigenvalue weighted by Gasteiger charge is 2.23. The van der Waals surface area contributed by atoms with Crippen molar-refractivity contribution in [3.63, 3.8) is 0 Å². The zero-order chi connectivity index (χ0) is 20.6. The first-order chi connectivity index (χ1) is 15.4. The predicted octanol–water partition coefficient (Wildman–Crippen LogP) is 3.64. The smallest absolute Gasteiger partial charge is 0.230 e. The molecule has 158 valence electrons. The SMILES string of the molecule is c1cc2c3cnc(Nc4ccc(N5CCNCC5)cn4)nc3n(C3CCCC3)c2cn1. The molecule has 0 unspecified atom stereocenters. The van der Waals surface area contributed by atoms with Crippen LogP contribution in [0.5, 0.6) is 0 Å². The molecule has 31 heavy (non-hydrogen) atoms. The Hall–Kier alpha value is -3.26. The van der Waals surface area contributed by atoms with Crippen molar-refractivity contribution in [2.45, 2.75) is 31.7 Å². The lowest BCUT2D eigenvalue weighted by Gasteiger charge is -2.29. The van der Waals surface area contributed by atoms with Crippen LogP contribution in [0.2, 0.25) is 0 Å². The highest BCUT2D eigenvalue weighted by Crippen LogP contribution is 2.37. The average Bonchev–Trinajstić information content (AvgIpc) is 3.46. The van der Waals surface area contributed by atoms with E-state index in [4.69, 9.17) is 4.98 Å². The van der Waals surface area contributed by atoms with Crippen LogP contribution in [-0.4, -0.2) is 50.7 Å². The molecule has 0 bridgehead atoms. The summed E-state index contributed by atoms with van der Waals surface area (Å²) in [6, 6.07) is 6.65. The minimum atomic E-state index is 0.475. The van der Waals surface area contributed by atoms with Gasteiger partial charge in [-0.15, -0.1) is 0 Å². The van der Waals surface area contributed by atoms with Crippen LogP contribution in [0.3, 0.4) is 0 Å². The number of nitrogens with zero attached hydrogens (tertiary/aromatic N) is 6. The first-order valence-electron chi connectivity index (χ1n) is 11.2. The number of anilines is 3. The van der Waals surface area contributed by atoms with E-state index in [2.05, 4.69) is 47.2 Å². The Morgan fingerprint density at radius 1 is 0.935 bits per heavy atom. The van der Waals surface area contributed by atoms with Crippen LogP contribution in [0.1, 0.15) is 31.7 Å². The number of hydrogen-bond donors (Lipinski definition) is 2. The van der Waals surface area contributed by atoms with Crippen LogP contribution in [0.25, 0.3) is 21.9 Å². The van der Waals surface area contributed by atoms with E-state index in [-0.39, 0.29) is 0 Å². The van der Waals surface area contributed by atoms with Gasteiger partial charge in [0.15, 0.2) is 0 Å². The quantitative estimate of drug-likeness (QED) is 0.527. The molecule has 1 aliphatic carbocycles. The number of aromatic nitrogens is 5. The largest absolute Gasteiger partial charge is 0.368 e. The first kappa shape index (κ1) is 18.5. The number of pyridine rings is 2. The number of fused-ring (bicyclic) bond motifs is 3. The summed E-state index contributed by atoms with van der Waals surface area (Å²) in [5, 5.41) is 8.92. The minimum Gasteiger partial charge on any atom is -0.368 e. The molecule has 6 rings (SSSR count). The zero-order valence-electron chi connectivity index (χ0n) is 17.5. The topological polar surface area (TPSA) is 83.8 Å². The molecule has 2 N–H and O–H groups in total. The molecular weight excluding hydrogens is 388 g/mol. The third-order valence-electron chi connectivity index (χ3n) is 6.51. The molecule has 1 aliphatic heterocycles. The summed E-state index contributed by atoms with van der Waals surface area (Å²) in [5.74, 6) is 1.33. The summed E-state index contributed by atoms with van der Waals surface area (Å²) in [7, 11) is 0. The van der Waals surface area contributed by atoms with Crippen molar-refractivity contribution in [3.8, 4) is 0 Å². The Bertz CT molecular complexity index is 1200. The molecule has 0 amide bonds. The molecule has 8 heteroatoms. The Kier molecular flexibility index (Phi) is 4.64. The Morgan fingerprint density at radius 3 is 2.61 bits per heavy atom. The Balaban J connectivity index is 1.33. The van der Waals surface area contributed by atoms with E-state index in [0.717, 1.165) is 54.2 Å². The molecule has 8 nitrogen and oxygen atoms in total. The van der Waals surface area contributed by atoms with Gasteiger partial charge in [0, 0.05) is 55.4 Å². The van der Waals surface area contributed by atoms with Crippen LogP contribution in [0.4, 0.5) is 17.5 Å². The second kappa shape index (κ2) is 7.77. The van der Waals surface area contributed by atoms with Crippen LogP contribution >= 0.6 is 0 Å². The van der Waals surface area contributed by atoms with Gasteiger partial charge < -0.3 is 20.1 Å². The van der Waals surface area contributed by atoms with Crippen molar-refractivity contribution in [1.29, 1.82) is 0 Å². The lowest BCUT2D eigenvalue weighted by molar-refractivity contribution is 0.546. The maximum absolute atomic E-state index is 4.92. The van der Waals surface area contributed by atoms with Gasteiger partial charge in [0.05, 0.1) is 23.6 Å². The van der Waals surface area contributed by atoms with Crippen molar-refractivity contribution < 1.29 is 0 Å². The molecule has 2 aliphatic rings. The summed E-state index contributed by atoms with van der Waals surface area (Å²) >= 11 is 0. The number of nitrogens with one attached hydrogen (secondary N) is 2. The second-order valence-electron chi connectivity index (χ2n) is 8.40. The van der Waals surface area contributed by atoms with Gasteiger partial charge in [0.1, 0.15) is 11.5 Å². The molecule has 4 aromatic heterocycles. The zero-order valence-corrected chi connectivity index (χ0v) is 17.5. The van der Waals surface area contributed by atoms with Gasteiger partial charge in [-0.05, 0) is 31.0 Å². The molecule has 0 radical (unpaired) electrons. The van der Waals surface area contributed by atoms with Gasteiger partial charge in [-0.25, -0.2) is 9.97 Å². The van der Waals surface area contributed by atoms with Gasteiger partial charge in [-0.2, -0.15) is 4.98 Å². The third kappa shape index (κ3) is 3.37. The van der Waals surface area contributed by atoms with E-state index >= 15 is 0 Å². The molecule has 2 fully saturated rings. The number of hydrogen-bond acceptors (Lipinski definition) is 7. The molecule has 1 saturated carbocycles. The normalized spacial score (nSPS) is 17.6. The summed E-state index contributed by atoms with van der Waals surface area (Å²) in [6.07, 6.45) is 12.6. The molecule has 4 aromatic rings. The van der Waals surface area contributed by atoms with Gasteiger partial charge in [0.25, 0.3) is 0 Å². The fourth-order valence-corrected chi connectivity index (χ4v) is 4.94. The van der Waals surface area contributed by atoms with Gasteiger partial charge in [0.2, 0.25) is 5.95 Å². The van der Waals surface area contributed by atoms with E-state index in [1.165, 1.54) is 31.1 Å². The lowest BCUT2D eigenvalue weighted by Crippen LogP contribution is -2.43. The van der Waals surface area contributed by atoms with E-state index in [1.54, 1.807) is 0 Å². The standard InChI is InChI=1S/C23H26N8/c1-2-4-16(3-1)31-20-15-25-8-7-18(20)19-14-27-23(29-22(19)31)28-21-6-5-17(13-26-21)30-11-9-24-10-12-30/h5-8,13-16,24H,1-4,9-12H2,(H,26,27,28,29). The summed E-state index contributed by atoms with van der Waals surface area (Å²) in [6.45, 7) is 4.04. The third-order valence-corrected chi connectivity index (χ3v) is 6.51. The second-order valence-corrected chi connectivity index (χ2v) is 8.40. The van der Waals surface area contributed by atoms with Gasteiger partial charge in [-0.3, -0.25) is 4.98 Å². The van der Waals surface area contributed by atoms with Crippen LogP contribution in [0, 0.1) is 0 Å². The van der Waals surface area contributed by atoms with Crippen molar-refractivity contribution in [3.05, 3.63) is 43.0 Å². The van der Waals surface area contributed by atoms with E-state index in [9.17, 15) is 0 Å². The van der Waals surface area contributed by atoms with Crippen molar-refractivity contribution in [2.75, 3.05) is 36.4 Å². The highest BCUT2D eigenvalue weighted by molar-refractivity contribution is 6.06. The lowest BCUT2D eigenvalue weighted by atomic mass is 10.2. The highest BCUT2D eigenvalue weighted by atomic mass is 15.2. The van der Waals surface area contributed by atoms with Crippen LogP contribution in [0.15, 0.2) is 43.0 Å². The molecule has 0 aromatic carbocycles. The fraction of sp³-hybridized carbons (Fsp3) is 0.391. The van der Waals surface area contributed by atoms with Gasteiger partial charge >= 0.3 is 0 Å². The van der Waals surface area contributed by atoms with E-state index in [1.807, 2.05) is 30.9 Å². The van der Waals surface area contributed by atoms with Crippen molar-refractivity contribution in [2.24, 2.45) is 0 Å². The van der Waals surface area contributed by atoms with Crippen LogP contribution < -0.4 is 15.5 Å². The minimum absolute atomic E-state index is 0.475. The molecule has 0 atom stereocenters. The predicted molar refractivity (Wildman–Crippen MR) is 123 cm³/mol. The average molecular weight is 415 g/mol. The Morgan fingerprint density at radius 2 is 1.81 bits per heavy atom. The molecular formula is C23H26N8. The Labute approximate surface area is 180 Å². The number of piperazine rings is 1. The van der Waals surface area contributed by atoms with Crippen molar-refractivity contribution >= 4 is 39.4 Å². The van der Waals surface area contributed by atoms with Gasteiger partial charge in [-0.1, -0.05) is 12.8 Å². The summed E-state index contributed by atoms with van der Waals surface area (Å²) in [4.78, 5) is 20.8. The summed E-state index contributed by atoms with van der Waals surface area (Å²) < 4.78 is 2.37. The van der Waals surface area contributed by atoms with E-state index in [0.29, 0.717) is 12.0 Å². The fourth-order valence-electron chi connectivity index (χ4n) is 4.94. The summed E-state index contributed by atoms with van der Waals surface area (Å²) in [5.41, 5.74) is 3.27. The van der Waals surface area contributed by atoms with Crippen LogP contribution in [-0.2, 0) is 0 Å².